The first-order valence-corrected chi connectivity index (χ1v) is 17.9. The van der Waals surface area contributed by atoms with Gasteiger partial charge in [0.15, 0.2) is 0 Å². The Kier molecular flexibility index (Phi) is 11.8. The van der Waals surface area contributed by atoms with Crippen LogP contribution in [0.3, 0.4) is 0 Å². The van der Waals surface area contributed by atoms with Crippen LogP contribution in [0.2, 0.25) is 12.1 Å². The summed E-state index contributed by atoms with van der Waals surface area (Å²) in [5.41, 5.74) is 8.10. The Morgan fingerprint density at radius 3 is 1.23 bits per heavy atom. The van der Waals surface area contributed by atoms with Crippen molar-refractivity contribution < 1.29 is 25.8 Å². The molecule has 0 aliphatic carbocycles. The first-order chi connectivity index (χ1) is 19.8. The molecule has 0 heterocycles. The molecule has 2 heteroatoms. The minimum Gasteiger partial charge on any atom is -0.358 e. The smallest absolute Gasteiger partial charge is 0.358 e. The molecule has 224 valence electrons. The van der Waals surface area contributed by atoms with Crippen molar-refractivity contribution in [3.8, 4) is 22.3 Å². The summed E-state index contributed by atoms with van der Waals surface area (Å²) in [5.74, 6) is 1.09. The van der Waals surface area contributed by atoms with Crippen molar-refractivity contribution in [2.45, 2.75) is 65.5 Å². The second-order valence-electron chi connectivity index (χ2n) is 12.4. The van der Waals surface area contributed by atoms with Crippen LogP contribution in [-0.2, 0) is 25.8 Å². The summed E-state index contributed by atoms with van der Waals surface area (Å²) in [7, 11) is -1.96. The van der Waals surface area contributed by atoms with Crippen LogP contribution in [0.1, 0.15) is 64.5 Å². The van der Waals surface area contributed by atoms with Gasteiger partial charge in [-0.15, -0.1) is 68.3 Å². The Bertz CT molecular complexity index is 1660. The topological polar surface area (TPSA) is 0 Å². The van der Waals surface area contributed by atoms with E-state index < -0.39 is 8.07 Å². The minimum atomic E-state index is -1.96. The maximum atomic E-state index is 2.55. The molecule has 0 aliphatic rings. The standard InChI is InChI=1S/C40H42Si.2CH3.Hf/c1-7-41(8-2,35-23-33-11-9-13-37(39(33)25-35)31-19-15-29(16-20-31)27(3)4)36-24-34-12-10-14-38(40(34)26-36)32-21-17-30(18-22-32)28(5)6;;;/h9-28H,7-8H2,1-6H3;2*1H3;/q-2;2*-1;+4. The second kappa shape index (κ2) is 14.5. The molecule has 6 rings (SSSR count). The molecule has 44 heavy (non-hydrogen) atoms. The third kappa shape index (κ3) is 6.31. The summed E-state index contributed by atoms with van der Waals surface area (Å²) in [4.78, 5) is 0. The van der Waals surface area contributed by atoms with Gasteiger partial charge in [-0.3, -0.25) is 0 Å². The number of hydrogen-bond donors (Lipinski definition) is 0. The van der Waals surface area contributed by atoms with Crippen LogP contribution in [0.4, 0.5) is 0 Å². The molecular formula is C42H48HfSi. The fourth-order valence-electron chi connectivity index (χ4n) is 6.85. The van der Waals surface area contributed by atoms with Gasteiger partial charge in [0.05, 0.1) is 8.07 Å². The van der Waals surface area contributed by atoms with E-state index in [0.29, 0.717) is 11.8 Å². The van der Waals surface area contributed by atoms with Crippen molar-refractivity contribution in [2.24, 2.45) is 0 Å². The number of rotatable bonds is 8. The van der Waals surface area contributed by atoms with Crippen LogP contribution < -0.4 is 10.4 Å². The Balaban J connectivity index is 0.00000176. The fraction of sp³-hybridized carbons (Fsp3) is 0.238. The zero-order valence-corrected chi connectivity index (χ0v) is 32.6. The SMILES string of the molecule is CC[Si](CC)(c1cc2c(-c3ccc(C(C)C)cc3)cccc2[cH-]1)c1cc2c(-c3ccc(C(C)C)cc3)cccc2[cH-]1.[CH3-].[CH3-].[Hf+4]. The maximum Gasteiger partial charge on any atom is 4.00 e. The van der Waals surface area contributed by atoms with E-state index in [-0.39, 0.29) is 40.7 Å². The van der Waals surface area contributed by atoms with E-state index in [0.717, 1.165) is 0 Å². The first kappa shape index (κ1) is 35.7. The molecular weight excluding hydrogens is 711 g/mol. The molecule has 0 saturated carbocycles. The van der Waals surface area contributed by atoms with E-state index in [1.165, 1.54) is 67.0 Å². The van der Waals surface area contributed by atoms with Crippen LogP contribution in [-0.4, -0.2) is 8.07 Å². The van der Waals surface area contributed by atoms with Crippen molar-refractivity contribution >= 4 is 40.0 Å². The van der Waals surface area contributed by atoms with E-state index in [2.05, 4.69) is 151 Å². The average Bonchev–Trinajstić information content (AvgIpc) is 3.63. The van der Waals surface area contributed by atoms with Crippen LogP contribution in [0.5, 0.6) is 0 Å². The van der Waals surface area contributed by atoms with Crippen LogP contribution in [0.25, 0.3) is 43.8 Å². The zero-order chi connectivity index (χ0) is 28.7. The van der Waals surface area contributed by atoms with E-state index in [9.17, 15) is 0 Å². The molecule has 0 amide bonds. The quantitative estimate of drug-likeness (QED) is 0.107. The van der Waals surface area contributed by atoms with E-state index >= 15 is 0 Å². The van der Waals surface area contributed by atoms with Crippen molar-refractivity contribution in [3.05, 3.63) is 135 Å². The predicted molar refractivity (Wildman–Crippen MR) is 197 cm³/mol. The largest absolute Gasteiger partial charge is 4.00 e. The number of fused-ring (bicyclic) bond motifs is 2. The van der Waals surface area contributed by atoms with Crippen LogP contribution in [0.15, 0.2) is 109 Å². The minimum absolute atomic E-state index is 0. The van der Waals surface area contributed by atoms with Gasteiger partial charge in [0, 0.05) is 0 Å². The summed E-state index contributed by atoms with van der Waals surface area (Å²) < 4.78 is 0. The fourth-order valence-corrected chi connectivity index (χ4v) is 11.0. The third-order valence-electron chi connectivity index (χ3n) is 9.59. The second-order valence-corrected chi connectivity index (χ2v) is 17.2. The zero-order valence-electron chi connectivity index (χ0n) is 28.0. The van der Waals surface area contributed by atoms with Gasteiger partial charge in [-0.1, -0.05) is 125 Å². The summed E-state index contributed by atoms with van der Waals surface area (Å²) in [6, 6.07) is 44.6. The molecule has 0 fully saturated rings. The van der Waals surface area contributed by atoms with E-state index in [1.807, 2.05) is 0 Å². The average molecular weight is 759 g/mol. The third-order valence-corrected chi connectivity index (χ3v) is 14.8. The van der Waals surface area contributed by atoms with Gasteiger partial charge in [0.2, 0.25) is 0 Å². The molecule has 6 aromatic rings. The Hall–Kier alpha value is -2.81. The van der Waals surface area contributed by atoms with Gasteiger partial charge < -0.3 is 14.9 Å². The molecule has 0 aliphatic heterocycles. The number of benzene rings is 4. The van der Waals surface area contributed by atoms with E-state index in [1.54, 1.807) is 10.4 Å². The molecule has 0 nitrogen and oxygen atoms in total. The molecule has 0 N–H and O–H groups in total. The molecule has 0 bridgehead atoms. The molecule has 0 atom stereocenters. The van der Waals surface area contributed by atoms with Gasteiger partial charge >= 0.3 is 25.8 Å². The van der Waals surface area contributed by atoms with Crippen molar-refractivity contribution in [2.75, 3.05) is 0 Å². The van der Waals surface area contributed by atoms with Gasteiger partial charge in [0.1, 0.15) is 0 Å². The van der Waals surface area contributed by atoms with Crippen molar-refractivity contribution in [3.63, 3.8) is 0 Å². The normalized spacial score (nSPS) is 11.5. The van der Waals surface area contributed by atoms with Gasteiger partial charge in [-0.2, -0.15) is 12.1 Å². The number of hydrogen-bond acceptors (Lipinski definition) is 0. The molecule has 6 aromatic carbocycles. The van der Waals surface area contributed by atoms with Crippen molar-refractivity contribution in [1.29, 1.82) is 0 Å². The Labute approximate surface area is 287 Å². The van der Waals surface area contributed by atoms with Crippen molar-refractivity contribution in [1.82, 2.24) is 0 Å². The van der Waals surface area contributed by atoms with Crippen LogP contribution >= 0.6 is 0 Å². The molecule has 0 saturated heterocycles. The van der Waals surface area contributed by atoms with E-state index in [4.69, 9.17) is 0 Å². The predicted octanol–water partition coefficient (Wildman–Crippen LogP) is 11.5. The summed E-state index contributed by atoms with van der Waals surface area (Å²) in [5, 5.41) is 8.66. The summed E-state index contributed by atoms with van der Waals surface area (Å²) in [6.07, 6.45) is 0. The Morgan fingerprint density at radius 2 is 0.909 bits per heavy atom. The molecule has 0 radical (unpaired) electrons. The van der Waals surface area contributed by atoms with Gasteiger partial charge in [0.25, 0.3) is 0 Å². The Morgan fingerprint density at radius 1 is 0.545 bits per heavy atom. The molecule has 0 spiro atoms. The van der Waals surface area contributed by atoms with Gasteiger partial charge in [-0.05, 0) is 34.1 Å². The molecule has 0 unspecified atom stereocenters. The first-order valence-electron chi connectivity index (χ1n) is 15.4. The van der Waals surface area contributed by atoms with Crippen LogP contribution in [0, 0.1) is 14.9 Å². The summed E-state index contributed by atoms with van der Waals surface area (Å²) in [6.45, 7) is 13.9. The summed E-state index contributed by atoms with van der Waals surface area (Å²) >= 11 is 0. The maximum absolute atomic E-state index is 2.55. The van der Waals surface area contributed by atoms with Gasteiger partial charge in [-0.25, -0.2) is 0 Å². The monoisotopic (exact) mass is 760 g/mol. The molecule has 0 aromatic heterocycles.